The lowest BCUT2D eigenvalue weighted by molar-refractivity contribution is 0.0694. The number of anilines is 1. The molecule has 0 aromatic carbocycles. The van der Waals surface area contributed by atoms with E-state index in [0.717, 1.165) is 24.6 Å². The van der Waals surface area contributed by atoms with Gasteiger partial charge in [0.1, 0.15) is 11.4 Å². The first-order valence-corrected chi connectivity index (χ1v) is 7.32. The molecule has 0 saturated carbocycles. The SMILES string of the molecule is Cc1cc(=O)c(C(=O)O)cn1-c1ccnc(N2CCOCC2)c1. The lowest BCUT2D eigenvalue weighted by Crippen LogP contribution is -2.36. The summed E-state index contributed by atoms with van der Waals surface area (Å²) in [6.45, 7) is 4.61. The molecule has 0 spiro atoms. The minimum Gasteiger partial charge on any atom is -0.477 e. The van der Waals surface area contributed by atoms with Crippen LogP contribution in [-0.4, -0.2) is 46.9 Å². The highest BCUT2D eigenvalue weighted by atomic mass is 16.5. The van der Waals surface area contributed by atoms with E-state index in [4.69, 9.17) is 9.84 Å². The summed E-state index contributed by atoms with van der Waals surface area (Å²) in [7, 11) is 0. The fourth-order valence-corrected chi connectivity index (χ4v) is 2.59. The lowest BCUT2D eigenvalue weighted by Gasteiger charge is -2.28. The normalized spacial score (nSPS) is 14.7. The zero-order valence-corrected chi connectivity index (χ0v) is 12.7. The second-order valence-electron chi connectivity index (χ2n) is 5.34. The van der Waals surface area contributed by atoms with E-state index in [0.29, 0.717) is 18.9 Å². The number of carbonyl (C=O) groups is 1. The minimum atomic E-state index is -1.23. The number of morpholine rings is 1. The number of carboxylic acid groups (broad SMARTS) is 1. The number of aromatic carboxylic acids is 1. The maximum Gasteiger partial charge on any atom is 0.341 e. The molecular formula is C16H17N3O4. The van der Waals surface area contributed by atoms with Gasteiger partial charge in [0.25, 0.3) is 0 Å². The summed E-state index contributed by atoms with van der Waals surface area (Å²) in [5.41, 5.74) is 0.690. The Labute approximate surface area is 132 Å². The van der Waals surface area contributed by atoms with Gasteiger partial charge in [-0.1, -0.05) is 0 Å². The van der Waals surface area contributed by atoms with Gasteiger partial charge in [-0.05, 0) is 13.0 Å². The third kappa shape index (κ3) is 3.09. The molecule has 7 nitrogen and oxygen atoms in total. The Morgan fingerprint density at radius 3 is 2.74 bits per heavy atom. The molecule has 1 saturated heterocycles. The number of pyridine rings is 2. The van der Waals surface area contributed by atoms with Gasteiger partial charge in [-0.25, -0.2) is 9.78 Å². The maximum absolute atomic E-state index is 11.8. The van der Waals surface area contributed by atoms with Gasteiger partial charge < -0.3 is 19.3 Å². The van der Waals surface area contributed by atoms with Crippen LogP contribution in [0.1, 0.15) is 16.1 Å². The molecule has 0 radical (unpaired) electrons. The molecule has 0 unspecified atom stereocenters. The number of ether oxygens (including phenoxy) is 1. The minimum absolute atomic E-state index is 0.250. The smallest absolute Gasteiger partial charge is 0.341 e. The summed E-state index contributed by atoms with van der Waals surface area (Å²) in [6, 6.07) is 5.00. The van der Waals surface area contributed by atoms with E-state index in [-0.39, 0.29) is 5.56 Å². The number of carboxylic acids is 1. The topological polar surface area (TPSA) is 84.7 Å². The zero-order valence-electron chi connectivity index (χ0n) is 12.7. The Kier molecular flexibility index (Phi) is 4.12. The van der Waals surface area contributed by atoms with Crippen LogP contribution in [0, 0.1) is 6.92 Å². The fourth-order valence-electron chi connectivity index (χ4n) is 2.59. The van der Waals surface area contributed by atoms with Crippen LogP contribution in [0.5, 0.6) is 0 Å². The quantitative estimate of drug-likeness (QED) is 0.912. The Morgan fingerprint density at radius 2 is 2.04 bits per heavy atom. The van der Waals surface area contributed by atoms with Crippen molar-refractivity contribution < 1.29 is 14.6 Å². The third-order valence-electron chi connectivity index (χ3n) is 3.82. The van der Waals surface area contributed by atoms with Crippen LogP contribution < -0.4 is 10.3 Å². The number of aryl methyl sites for hydroxylation is 1. The maximum atomic E-state index is 11.8. The van der Waals surface area contributed by atoms with Crippen molar-refractivity contribution in [3.05, 3.63) is 52.1 Å². The third-order valence-corrected chi connectivity index (χ3v) is 3.82. The predicted octanol–water partition coefficient (Wildman–Crippen LogP) is 1.08. The van der Waals surface area contributed by atoms with Crippen LogP contribution in [0.4, 0.5) is 5.82 Å². The van der Waals surface area contributed by atoms with Gasteiger partial charge in [0.2, 0.25) is 0 Å². The van der Waals surface area contributed by atoms with Gasteiger partial charge in [0, 0.05) is 43.3 Å². The van der Waals surface area contributed by atoms with E-state index in [1.807, 2.05) is 6.07 Å². The van der Waals surface area contributed by atoms with Crippen molar-refractivity contribution in [2.24, 2.45) is 0 Å². The van der Waals surface area contributed by atoms with Crippen LogP contribution in [0.2, 0.25) is 0 Å². The molecule has 1 aliphatic heterocycles. The molecule has 120 valence electrons. The Balaban J connectivity index is 2.03. The molecule has 0 amide bonds. The highest BCUT2D eigenvalue weighted by Crippen LogP contribution is 2.18. The van der Waals surface area contributed by atoms with E-state index >= 15 is 0 Å². The van der Waals surface area contributed by atoms with Gasteiger partial charge in [-0.15, -0.1) is 0 Å². The van der Waals surface area contributed by atoms with Crippen molar-refractivity contribution in [2.45, 2.75) is 6.92 Å². The van der Waals surface area contributed by atoms with E-state index in [9.17, 15) is 9.59 Å². The van der Waals surface area contributed by atoms with Gasteiger partial charge >= 0.3 is 5.97 Å². The molecule has 1 N–H and O–H groups in total. The molecule has 1 aliphatic rings. The highest BCUT2D eigenvalue weighted by Gasteiger charge is 2.15. The number of nitrogens with zero attached hydrogens (tertiary/aromatic N) is 3. The monoisotopic (exact) mass is 315 g/mol. The molecular weight excluding hydrogens is 298 g/mol. The first kappa shape index (κ1) is 15.2. The van der Waals surface area contributed by atoms with Crippen molar-refractivity contribution in [2.75, 3.05) is 31.2 Å². The van der Waals surface area contributed by atoms with Gasteiger partial charge in [0.15, 0.2) is 5.43 Å². The number of aromatic nitrogens is 2. The Morgan fingerprint density at radius 1 is 1.30 bits per heavy atom. The van der Waals surface area contributed by atoms with Crippen molar-refractivity contribution in [1.82, 2.24) is 9.55 Å². The first-order valence-electron chi connectivity index (χ1n) is 7.32. The second-order valence-corrected chi connectivity index (χ2v) is 5.34. The van der Waals surface area contributed by atoms with Crippen LogP contribution in [-0.2, 0) is 4.74 Å². The summed E-state index contributed by atoms with van der Waals surface area (Å²) in [5, 5.41) is 9.14. The standard InChI is InChI=1S/C16H17N3O4/c1-11-8-14(20)13(16(21)22)10-19(11)12-2-3-17-15(9-12)18-4-6-23-7-5-18/h2-3,8-10H,4-7H2,1H3,(H,21,22). The molecule has 2 aromatic heterocycles. The Hall–Kier alpha value is -2.67. The summed E-state index contributed by atoms with van der Waals surface area (Å²) < 4.78 is 7.03. The summed E-state index contributed by atoms with van der Waals surface area (Å²) >= 11 is 0. The van der Waals surface area contributed by atoms with Crippen LogP contribution in [0.15, 0.2) is 35.4 Å². The van der Waals surface area contributed by atoms with Crippen LogP contribution in [0.25, 0.3) is 5.69 Å². The van der Waals surface area contributed by atoms with E-state index < -0.39 is 11.4 Å². The molecule has 2 aromatic rings. The van der Waals surface area contributed by atoms with Crippen LogP contribution >= 0.6 is 0 Å². The van der Waals surface area contributed by atoms with Gasteiger partial charge in [0.05, 0.1) is 18.9 Å². The van der Waals surface area contributed by atoms with Crippen molar-refractivity contribution in [3.8, 4) is 5.69 Å². The molecule has 1 fully saturated rings. The fraction of sp³-hybridized carbons (Fsp3) is 0.312. The number of hydrogen-bond donors (Lipinski definition) is 1. The van der Waals surface area contributed by atoms with Crippen molar-refractivity contribution in [3.63, 3.8) is 0 Å². The summed E-state index contributed by atoms with van der Waals surface area (Å²) in [5.74, 6) is -0.424. The molecule has 3 heterocycles. The second kappa shape index (κ2) is 6.21. The highest BCUT2D eigenvalue weighted by molar-refractivity contribution is 5.87. The van der Waals surface area contributed by atoms with E-state index in [1.54, 1.807) is 23.8 Å². The molecule has 0 bridgehead atoms. The van der Waals surface area contributed by atoms with Gasteiger partial charge in [-0.3, -0.25) is 4.79 Å². The molecule has 7 heteroatoms. The average Bonchev–Trinajstić information content (AvgIpc) is 2.55. The predicted molar refractivity (Wildman–Crippen MR) is 84.6 cm³/mol. The molecule has 0 atom stereocenters. The molecule has 23 heavy (non-hydrogen) atoms. The number of rotatable bonds is 3. The van der Waals surface area contributed by atoms with Crippen molar-refractivity contribution in [1.29, 1.82) is 0 Å². The Bertz CT molecular complexity index is 794. The lowest BCUT2D eigenvalue weighted by atomic mass is 10.2. The van der Waals surface area contributed by atoms with Crippen molar-refractivity contribution >= 4 is 11.8 Å². The molecule has 0 aliphatic carbocycles. The largest absolute Gasteiger partial charge is 0.477 e. The van der Waals surface area contributed by atoms with E-state index in [1.165, 1.54) is 12.3 Å². The summed E-state index contributed by atoms with van der Waals surface area (Å²) in [6.07, 6.45) is 3.04. The average molecular weight is 315 g/mol. The van der Waals surface area contributed by atoms with E-state index in [2.05, 4.69) is 9.88 Å². The first-order chi connectivity index (χ1) is 11.1. The van der Waals surface area contributed by atoms with Gasteiger partial charge in [-0.2, -0.15) is 0 Å². The molecule has 3 rings (SSSR count). The number of hydrogen-bond acceptors (Lipinski definition) is 5. The zero-order chi connectivity index (χ0) is 16.4. The summed E-state index contributed by atoms with van der Waals surface area (Å²) in [4.78, 5) is 29.4. The van der Waals surface area contributed by atoms with Crippen LogP contribution in [0.3, 0.4) is 0 Å².